The third-order valence-electron chi connectivity index (χ3n) is 7.89. The van der Waals surface area contributed by atoms with Gasteiger partial charge in [0.05, 0.1) is 6.61 Å². The van der Waals surface area contributed by atoms with E-state index in [1.54, 1.807) is 6.92 Å². The highest BCUT2D eigenvalue weighted by molar-refractivity contribution is 6.04. The molecule has 10 nitrogen and oxygen atoms in total. The summed E-state index contributed by atoms with van der Waals surface area (Å²) >= 11 is 0. The molecule has 1 amide bonds. The standard InChI is InChI=1S/C32H40N4O6/c1-5-13-36(14-6-2)23-10-9-20-15-22(8-7-21(20)16-23)26-12-11-25(35(26)4)19(3)24(17-33)31(40)34-28-30(39)29(38)27(18-37)42-32(28)41/h7-12,15-16,27-30,32,37-39,41H,5-6,13-14,18H2,1-4H3,(H,34,40)/b24-19+/t27-,28-,29-,30-,32?/m1/s1. The topological polar surface area (TPSA) is 151 Å². The second-order valence-corrected chi connectivity index (χ2v) is 10.7. The first-order valence-electron chi connectivity index (χ1n) is 14.3. The number of nitriles is 1. The molecule has 3 aromatic rings. The monoisotopic (exact) mass is 576 g/mol. The Kier molecular flexibility index (Phi) is 10.0. The second-order valence-electron chi connectivity index (χ2n) is 10.7. The average Bonchev–Trinajstić information content (AvgIpc) is 3.37. The van der Waals surface area contributed by atoms with Crippen molar-refractivity contribution in [1.29, 1.82) is 5.26 Å². The van der Waals surface area contributed by atoms with Crippen LogP contribution in [0.4, 0.5) is 5.69 Å². The zero-order valence-electron chi connectivity index (χ0n) is 24.5. The predicted octanol–water partition coefficient (Wildman–Crippen LogP) is 2.68. The van der Waals surface area contributed by atoms with Gasteiger partial charge in [-0.2, -0.15) is 5.26 Å². The number of aliphatic hydroxyl groups is 4. The molecule has 5 atom stereocenters. The van der Waals surface area contributed by atoms with E-state index in [0.29, 0.717) is 11.3 Å². The average molecular weight is 577 g/mol. The number of nitrogens with zero attached hydrogens (tertiary/aromatic N) is 3. The van der Waals surface area contributed by atoms with Crippen LogP contribution in [0.1, 0.15) is 39.3 Å². The van der Waals surface area contributed by atoms with Gasteiger partial charge in [0.1, 0.15) is 36.0 Å². The van der Waals surface area contributed by atoms with Gasteiger partial charge in [-0.3, -0.25) is 4.79 Å². The number of fused-ring (bicyclic) bond motifs is 1. The van der Waals surface area contributed by atoms with Crippen molar-refractivity contribution in [3.05, 3.63) is 59.8 Å². The van der Waals surface area contributed by atoms with E-state index >= 15 is 0 Å². The largest absolute Gasteiger partial charge is 0.394 e. The molecular weight excluding hydrogens is 536 g/mol. The van der Waals surface area contributed by atoms with Crippen molar-refractivity contribution in [2.75, 3.05) is 24.6 Å². The normalized spacial score (nSPS) is 22.9. The molecule has 0 bridgehead atoms. The Hall–Kier alpha value is -3.72. The van der Waals surface area contributed by atoms with Crippen LogP contribution in [0.15, 0.2) is 54.1 Å². The number of aromatic nitrogens is 1. The number of rotatable bonds is 10. The molecule has 2 aromatic carbocycles. The van der Waals surface area contributed by atoms with Crippen LogP contribution in [-0.4, -0.2) is 81.2 Å². The molecular formula is C32H40N4O6. The van der Waals surface area contributed by atoms with Gasteiger partial charge < -0.3 is 39.9 Å². The van der Waals surface area contributed by atoms with Crippen molar-refractivity contribution in [2.24, 2.45) is 7.05 Å². The number of allylic oxidation sites excluding steroid dienone is 1. The highest BCUT2D eigenvalue weighted by atomic mass is 16.6. The second kappa shape index (κ2) is 13.5. The van der Waals surface area contributed by atoms with Gasteiger partial charge in [-0.1, -0.05) is 32.0 Å². The zero-order valence-corrected chi connectivity index (χ0v) is 24.5. The molecule has 0 aliphatic carbocycles. The molecule has 1 fully saturated rings. The molecule has 0 saturated carbocycles. The molecule has 1 unspecified atom stereocenters. The van der Waals surface area contributed by atoms with E-state index in [4.69, 9.17) is 4.74 Å². The minimum Gasteiger partial charge on any atom is -0.394 e. The van der Waals surface area contributed by atoms with Crippen molar-refractivity contribution in [1.82, 2.24) is 9.88 Å². The van der Waals surface area contributed by atoms with Crippen molar-refractivity contribution in [3.63, 3.8) is 0 Å². The number of hydrogen-bond acceptors (Lipinski definition) is 8. The summed E-state index contributed by atoms with van der Waals surface area (Å²) in [5, 5.41) is 54.5. The van der Waals surface area contributed by atoms with Gasteiger partial charge in [0, 0.05) is 37.2 Å². The summed E-state index contributed by atoms with van der Waals surface area (Å²) in [6.07, 6.45) is -3.86. The molecule has 0 spiro atoms. The fourth-order valence-corrected chi connectivity index (χ4v) is 5.59. The van der Waals surface area contributed by atoms with E-state index < -0.39 is 43.2 Å². The third-order valence-corrected chi connectivity index (χ3v) is 7.89. The van der Waals surface area contributed by atoms with Crippen LogP contribution in [0, 0.1) is 11.3 Å². The lowest BCUT2D eigenvalue weighted by Gasteiger charge is -2.40. The van der Waals surface area contributed by atoms with Crippen LogP contribution >= 0.6 is 0 Å². The number of carbonyl (C=O) groups excluding carboxylic acids is 1. The Morgan fingerprint density at radius 3 is 2.33 bits per heavy atom. The van der Waals surface area contributed by atoms with Gasteiger partial charge in [-0.25, -0.2) is 0 Å². The number of ether oxygens (including phenoxy) is 1. The van der Waals surface area contributed by atoms with Gasteiger partial charge in [0.25, 0.3) is 5.91 Å². The predicted molar refractivity (Wildman–Crippen MR) is 161 cm³/mol. The van der Waals surface area contributed by atoms with E-state index in [0.717, 1.165) is 48.0 Å². The summed E-state index contributed by atoms with van der Waals surface area (Å²) in [5.41, 5.74) is 3.92. The number of carbonyl (C=O) groups is 1. The van der Waals surface area contributed by atoms with Gasteiger partial charge in [0.2, 0.25) is 0 Å². The number of aliphatic hydroxyl groups excluding tert-OH is 4. The van der Waals surface area contributed by atoms with Crippen LogP contribution in [0.5, 0.6) is 0 Å². The van der Waals surface area contributed by atoms with E-state index in [-0.39, 0.29) is 5.57 Å². The first-order valence-corrected chi connectivity index (χ1v) is 14.3. The van der Waals surface area contributed by atoms with Crippen LogP contribution < -0.4 is 10.2 Å². The molecule has 1 aromatic heterocycles. The summed E-state index contributed by atoms with van der Waals surface area (Å²) in [4.78, 5) is 15.5. The summed E-state index contributed by atoms with van der Waals surface area (Å²) in [5.74, 6) is -0.833. The summed E-state index contributed by atoms with van der Waals surface area (Å²) in [7, 11) is 1.86. The van der Waals surface area contributed by atoms with Gasteiger partial charge in [-0.05, 0) is 72.0 Å². The smallest absolute Gasteiger partial charge is 0.262 e. The van der Waals surface area contributed by atoms with Gasteiger partial charge >= 0.3 is 0 Å². The molecule has 42 heavy (non-hydrogen) atoms. The molecule has 1 aliphatic rings. The quantitative estimate of drug-likeness (QED) is 0.183. The molecule has 1 saturated heterocycles. The Balaban J connectivity index is 1.59. The molecule has 2 heterocycles. The van der Waals surface area contributed by atoms with Crippen molar-refractivity contribution >= 4 is 27.9 Å². The highest BCUT2D eigenvalue weighted by Gasteiger charge is 2.44. The number of anilines is 1. The maximum absolute atomic E-state index is 13.1. The molecule has 0 radical (unpaired) electrons. The fraction of sp³-hybridized carbons (Fsp3) is 0.438. The molecule has 4 rings (SSSR count). The van der Waals surface area contributed by atoms with Gasteiger partial charge in [0.15, 0.2) is 6.29 Å². The fourth-order valence-electron chi connectivity index (χ4n) is 5.59. The first kappa shape index (κ1) is 31.2. The van der Waals surface area contributed by atoms with Crippen molar-refractivity contribution < 1.29 is 30.0 Å². The van der Waals surface area contributed by atoms with E-state index in [9.17, 15) is 30.5 Å². The Bertz CT molecular complexity index is 1490. The maximum Gasteiger partial charge on any atom is 0.262 e. The van der Waals surface area contributed by atoms with Crippen LogP contribution in [-0.2, 0) is 16.6 Å². The number of nitrogens with one attached hydrogen (secondary N) is 1. The van der Waals surface area contributed by atoms with E-state index in [1.807, 2.05) is 29.8 Å². The summed E-state index contributed by atoms with van der Waals surface area (Å²) in [6.45, 7) is 7.43. The van der Waals surface area contributed by atoms with Crippen LogP contribution in [0.3, 0.4) is 0 Å². The summed E-state index contributed by atoms with van der Waals surface area (Å²) < 4.78 is 7.01. The lowest BCUT2D eigenvalue weighted by molar-refractivity contribution is -0.253. The lowest BCUT2D eigenvalue weighted by Crippen LogP contribution is -2.64. The Morgan fingerprint density at radius 2 is 1.69 bits per heavy atom. The minimum absolute atomic E-state index is 0.212. The SMILES string of the molecule is CCCN(CCC)c1ccc2cc(-c3ccc(/C(C)=C(\C#N)C(=O)N[C@H]4C(O)O[C@H](CO)[C@@H](O)[C@@H]4O)n3C)ccc2c1. The van der Waals surface area contributed by atoms with Crippen LogP contribution in [0.2, 0.25) is 0 Å². The molecule has 10 heteroatoms. The van der Waals surface area contributed by atoms with Crippen molar-refractivity contribution in [2.45, 2.75) is 64.3 Å². The van der Waals surface area contributed by atoms with Crippen molar-refractivity contribution in [3.8, 4) is 17.3 Å². The van der Waals surface area contributed by atoms with Gasteiger partial charge in [-0.15, -0.1) is 0 Å². The van der Waals surface area contributed by atoms with E-state index in [1.165, 1.54) is 5.69 Å². The lowest BCUT2D eigenvalue weighted by atomic mass is 9.96. The zero-order chi connectivity index (χ0) is 30.6. The number of amides is 1. The Morgan fingerprint density at radius 1 is 1.02 bits per heavy atom. The maximum atomic E-state index is 13.1. The molecule has 5 N–H and O–H groups in total. The molecule has 224 valence electrons. The highest BCUT2D eigenvalue weighted by Crippen LogP contribution is 2.31. The number of hydrogen-bond donors (Lipinski definition) is 5. The summed E-state index contributed by atoms with van der Waals surface area (Å²) in [6, 6.07) is 17.1. The Labute approximate surface area is 246 Å². The first-order chi connectivity index (χ1) is 20.1. The van der Waals surface area contributed by atoms with E-state index in [2.05, 4.69) is 60.5 Å². The van der Waals surface area contributed by atoms with Crippen LogP contribution in [0.25, 0.3) is 27.6 Å². The molecule has 1 aliphatic heterocycles. The number of benzene rings is 2. The third kappa shape index (κ3) is 6.21. The minimum atomic E-state index is -1.68.